The number of hydrogen-bond donors (Lipinski definition) is 1. The predicted octanol–water partition coefficient (Wildman–Crippen LogP) is 4.02. The molecule has 1 unspecified atom stereocenters. The van der Waals surface area contributed by atoms with Crippen LogP contribution in [0.2, 0.25) is 0 Å². The van der Waals surface area contributed by atoms with Crippen molar-refractivity contribution in [1.82, 2.24) is 4.98 Å². The van der Waals surface area contributed by atoms with Crippen LogP contribution in [0.5, 0.6) is 5.75 Å². The van der Waals surface area contributed by atoms with E-state index in [0.29, 0.717) is 6.61 Å². The molecule has 1 atom stereocenters. The summed E-state index contributed by atoms with van der Waals surface area (Å²) in [5, 5.41) is 6.63. The summed E-state index contributed by atoms with van der Waals surface area (Å²) in [6.45, 7) is 6.82. The molecule has 3 nitrogen and oxygen atoms in total. The number of aromatic nitrogens is 1. The Morgan fingerprint density at radius 2 is 2.06 bits per heavy atom. The zero-order valence-corrected chi connectivity index (χ0v) is 11.8. The maximum atomic E-state index is 5.42. The monoisotopic (exact) mass is 262 g/mol. The molecular weight excluding hydrogens is 244 g/mol. The maximum absolute atomic E-state index is 5.42. The van der Waals surface area contributed by atoms with Crippen molar-refractivity contribution in [3.63, 3.8) is 0 Å². The van der Waals surface area contributed by atoms with Gasteiger partial charge in [-0.05, 0) is 45.0 Å². The Hall–Kier alpha value is -1.55. The van der Waals surface area contributed by atoms with Gasteiger partial charge in [0.25, 0.3) is 0 Å². The molecule has 4 heteroatoms. The Bertz CT molecular complexity index is 493. The topological polar surface area (TPSA) is 34.1 Å². The van der Waals surface area contributed by atoms with E-state index in [4.69, 9.17) is 4.74 Å². The summed E-state index contributed by atoms with van der Waals surface area (Å²) in [6.07, 6.45) is 0. The molecule has 0 amide bonds. The minimum absolute atomic E-state index is 0.216. The number of nitrogens with one attached hydrogen (secondary N) is 1. The van der Waals surface area contributed by atoms with Crippen molar-refractivity contribution in [2.75, 3.05) is 11.9 Å². The van der Waals surface area contributed by atoms with Gasteiger partial charge < -0.3 is 10.1 Å². The van der Waals surface area contributed by atoms with Gasteiger partial charge in [-0.2, -0.15) is 0 Å². The molecule has 1 aromatic carbocycles. The van der Waals surface area contributed by atoms with Crippen LogP contribution in [0, 0.1) is 6.92 Å². The summed E-state index contributed by atoms with van der Waals surface area (Å²) in [5.74, 6) is 0.903. The predicted molar refractivity (Wildman–Crippen MR) is 76.5 cm³/mol. The van der Waals surface area contributed by atoms with Gasteiger partial charge in [0.2, 0.25) is 0 Å². The van der Waals surface area contributed by atoms with Gasteiger partial charge in [0, 0.05) is 11.1 Å². The number of benzene rings is 1. The van der Waals surface area contributed by atoms with Gasteiger partial charge in [-0.15, -0.1) is 11.3 Å². The van der Waals surface area contributed by atoms with Gasteiger partial charge in [-0.3, -0.25) is 0 Å². The molecule has 1 N–H and O–H groups in total. The lowest BCUT2D eigenvalue weighted by molar-refractivity contribution is 0.340. The summed E-state index contributed by atoms with van der Waals surface area (Å²) >= 11 is 1.68. The molecule has 18 heavy (non-hydrogen) atoms. The van der Waals surface area contributed by atoms with E-state index in [1.54, 1.807) is 11.3 Å². The average molecular weight is 262 g/mol. The number of nitrogens with zero attached hydrogens (tertiary/aromatic N) is 1. The first-order valence-corrected chi connectivity index (χ1v) is 6.98. The second-order valence-corrected chi connectivity index (χ2v) is 5.18. The number of ether oxygens (including phenoxy) is 1. The van der Waals surface area contributed by atoms with E-state index in [1.807, 2.05) is 38.1 Å². The van der Waals surface area contributed by atoms with Gasteiger partial charge in [-0.1, -0.05) is 0 Å². The average Bonchev–Trinajstić information content (AvgIpc) is 2.79. The van der Waals surface area contributed by atoms with E-state index in [1.165, 1.54) is 0 Å². The Labute approximate surface area is 112 Å². The maximum Gasteiger partial charge on any atom is 0.119 e. The number of rotatable bonds is 5. The summed E-state index contributed by atoms with van der Waals surface area (Å²) in [5.41, 5.74) is 2.17. The van der Waals surface area contributed by atoms with Crippen molar-refractivity contribution in [3.8, 4) is 5.75 Å². The molecule has 0 saturated carbocycles. The lowest BCUT2D eigenvalue weighted by atomic mass is 10.2. The molecule has 2 rings (SSSR count). The standard InChI is InChI=1S/C14H18N2OS/c1-4-17-13-7-5-12(6-8-13)15-10(2)14-9-18-11(3)16-14/h5-10,15H,4H2,1-3H3. The molecule has 2 aromatic rings. The first-order valence-electron chi connectivity index (χ1n) is 6.10. The molecule has 1 heterocycles. The summed E-state index contributed by atoms with van der Waals surface area (Å²) < 4.78 is 5.42. The van der Waals surface area contributed by atoms with Crippen molar-refractivity contribution in [2.45, 2.75) is 26.8 Å². The van der Waals surface area contributed by atoms with Crippen molar-refractivity contribution in [3.05, 3.63) is 40.3 Å². The molecular formula is C14H18N2OS. The normalized spacial score (nSPS) is 12.2. The van der Waals surface area contributed by atoms with Crippen LogP contribution in [0.15, 0.2) is 29.6 Å². The highest BCUT2D eigenvalue weighted by Gasteiger charge is 2.08. The van der Waals surface area contributed by atoms with Crippen molar-refractivity contribution < 1.29 is 4.74 Å². The fourth-order valence-corrected chi connectivity index (χ4v) is 2.42. The minimum Gasteiger partial charge on any atom is -0.494 e. The van der Waals surface area contributed by atoms with Crippen molar-refractivity contribution in [2.24, 2.45) is 0 Å². The highest BCUT2D eigenvalue weighted by Crippen LogP contribution is 2.22. The van der Waals surface area contributed by atoms with Crippen LogP contribution in [-0.2, 0) is 0 Å². The Balaban J connectivity index is 2.00. The van der Waals surface area contributed by atoms with E-state index in [2.05, 4.69) is 22.6 Å². The molecule has 0 aliphatic heterocycles. The highest BCUT2D eigenvalue weighted by atomic mass is 32.1. The summed E-state index contributed by atoms with van der Waals surface area (Å²) in [7, 11) is 0. The SMILES string of the molecule is CCOc1ccc(NC(C)c2csc(C)n2)cc1. The molecule has 0 aliphatic carbocycles. The Morgan fingerprint density at radius 1 is 1.33 bits per heavy atom. The van der Waals surface area contributed by atoms with E-state index < -0.39 is 0 Å². The van der Waals surface area contributed by atoms with Crippen LogP contribution in [0.4, 0.5) is 5.69 Å². The number of anilines is 1. The molecule has 0 radical (unpaired) electrons. The first-order chi connectivity index (χ1) is 8.69. The molecule has 0 saturated heterocycles. The summed E-state index contributed by atoms with van der Waals surface area (Å²) in [4.78, 5) is 4.49. The van der Waals surface area contributed by atoms with Crippen LogP contribution < -0.4 is 10.1 Å². The van der Waals surface area contributed by atoms with Crippen molar-refractivity contribution >= 4 is 17.0 Å². The molecule has 0 spiro atoms. The van der Waals surface area contributed by atoms with Gasteiger partial charge in [0.15, 0.2) is 0 Å². The molecule has 0 aliphatic rings. The third-order valence-corrected chi connectivity index (χ3v) is 3.42. The lowest BCUT2D eigenvalue weighted by Crippen LogP contribution is -2.06. The largest absolute Gasteiger partial charge is 0.494 e. The fraction of sp³-hybridized carbons (Fsp3) is 0.357. The van der Waals surface area contributed by atoms with E-state index in [0.717, 1.165) is 22.1 Å². The fourth-order valence-electron chi connectivity index (χ4n) is 1.72. The summed E-state index contributed by atoms with van der Waals surface area (Å²) in [6, 6.07) is 8.23. The van der Waals surface area contributed by atoms with Crippen LogP contribution in [0.1, 0.15) is 30.6 Å². The quantitative estimate of drug-likeness (QED) is 0.883. The van der Waals surface area contributed by atoms with E-state index in [9.17, 15) is 0 Å². The zero-order chi connectivity index (χ0) is 13.0. The number of thiazole rings is 1. The first kappa shape index (κ1) is 12.9. The van der Waals surface area contributed by atoms with Gasteiger partial charge in [-0.25, -0.2) is 4.98 Å². The van der Waals surface area contributed by atoms with Crippen molar-refractivity contribution in [1.29, 1.82) is 0 Å². The highest BCUT2D eigenvalue weighted by molar-refractivity contribution is 7.09. The van der Waals surface area contributed by atoms with Gasteiger partial charge >= 0.3 is 0 Å². The smallest absolute Gasteiger partial charge is 0.119 e. The van der Waals surface area contributed by atoms with Crippen LogP contribution in [0.25, 0.3) is 0 Å². The van der Waals surface area contributed by atoms with Crippen LogP contribution in [-0.4, -0.2) is 11.6 Å². The number of aryl methyl sites for hydroxylation is 1. The Morgan fingerprint density at radius 3 is 2.61 bits per heavy atom. The zero-order valence-electron chi connectivity index (χ0n) is 10.9. The third kappa shape index (κ3) is 3.23. The second kappa shape index (κ2) is 5.87. The second-order valence-electron chi connectivity index (χ2n) is 4.11. The minimum atomic E-state index is 0.216. The Kier molecular flexibility index (Phi) is 4.20. The third-order valence-electron chi connectivity index (χ3n) is 2.63. The van der Waals surface area contributed by atoms with E-state index >= 15 is 0 Å². The lowest BCUT2D eigenvalue weighted by Gasteiger charge is -2.13. The van der Waals surface area contributed by atoms with Crippen LogP contribution >= 0.6 is 11.3 Å². The van der Waals surface area contributed by atoms with E-state index in [-0.39, 0.29) is 6.04 Å². The molecule has 1 aromatic heterocycles. The molecule has 0 fully saturated rings. The van der Waals surface area contributed by atoms with Gasteiger partial charge in [0.05, 0.1) is 23.4 Å². The van der Waals surface area contributed by atoms with Gasteiger partial charge in [0.1, 0.15) is 5.75 Å². The molecule has 0 bridgehead atoms. The molecule has 96 valence electrons. The van der Waals surface area contributed by atoms with Crippen LogP contribution in [0.3, 0.4) is 0 Å². The number of hydrogen-bond acceptors (Lipinski definition) is 4.